The van der Waals surface area contributed by atoms with E-state index in [0.717, 1.165) is 58.2 Å². The molecule has 2 fully saturated rings. The van der Waals surface area contributed by atoms with Crippen molar-refractivity contribution in [3.05, 3.63) is 0 Å². The highest BCUT2D eigenvalue weighted by Gasteiger charge is 2.35. The van der Waals surface area contributed by atoms with Gasteiger partial charge < -0.3 is 15.4 Å². The van der Waals surface area contributed by atoms with Crippen LogP contribution in [0.3, 0.4) is 0 Å². The second-order valence-electron chi connectivity index (χ2n) is 5.96. The van der Waals surface area contributed by atoms with E-state index >= 15 is 0 Å². The van der Waals surface area contributed by atoms with Gasteiger partial charge in [-0.15, -0.1) is 0 Å². The summed E-state index contributed by atoms with van der Waals surface area (Å²) in [7, 11) is 0. The summed E-state index contributed by atoms with van der Waals surface area (Å²) < 4.78 is 5.70. The highest BCUT2D eigenvalue weighted by atomic mass is 16.6. The monoisotopic (exact) mass is 282 g/mol. The molecule has 20 heavy (non-hydrogen) atoms. The molecular weight excluding hydrogens is 256 g/mol. The van der Waals surface area contributed by atoms with Gasteiger partial charge in [-0.05, 0) is 32.5 Å². The van der Waals surface area contributed by atoms with Crippen molar-refractivity contribution in [2.24, 2.45) is 0 Å². The lowest BCUT2D eigenvalue weighted by molar-refractivity contribution is -0.163. The SMILES string of the molecule is O=C1CCCCCCNCC2(CCNCC2)OC(=O)C1. The van der Waals surface area contributed by atoms with Gasteiger partial charge in [0.05, 0.1) is 0 Å². The Balaban J connectivity index is 1.98. The molecule has 2 aliphatic rings. The summed E-state index contributed by atoms with van der Waals surface area (Å²) in [6, 6.07) is 0. The van der Waals surface area contributed by atoms with Gasteiger partial charge in [-0.25, -0.2) is 0 Å². The summed E-state index contributed by atoms with van der Waals surface area (Å²) in [5.41, 5.74) is -0.420. The lowest BCUT2D eigenvalue weighted by Crippen LogP contribution is -2.51. The van der Waals surface area contributed by atoms with E-state index in [-0.39, 0.29) is 18.2 Å². The van der Waals surface area contributed by atoms with Crippen molar-refractivity contribution in [3.63, 3.8) is 0 Å². The highest BCUT2D eigenvalue weighted by Crippen LogP contribution is 2.23. The molecule has 0 bridgehead atoms. The third kappa shape index (κ3) is 4.87. The number of hydrogen-bond donors (Lipinski definition) is 2. The molecule has 5 heteroatoms. The summed E-state index contributed by atoms with van der Waals surface area (Å²) >= 11 is 0. The molecule has 0 aromatic carbocycles. The van der Waals surface area contributed by atoms with E-state index < -0.39 is 5.60 Å². The van der Waals surface area contributed by atoms with Gasteiger partial charge in [0, 0.05) is 25.8 Å². The molecule has 0 saturated carbocycles. The number of piperidine rings is 1. The molecule has 0 aliphatic carbocycles. The molecule has 1 spiro atoms. The fraction of sp³-hybridized carbons (Fsp3) is 0.867. The van der Waals surface area contributed by atoms with E-state index in [9.17, 15) is 9.59 Å². The topological polar surface area (TPSA) is 67.4 Å². The van der Waals surface area contributed by atoms with Gasteiger partial charge in [-0.2, -0.15) is 0 Å². The molecule has 2 heterocycles. The van der Waals surface area contributed by atoms with Gasteiger partial charge >= 0.3 is 5.97 Å². The Morgan fingerprint density at radius 3 is 2.45 bits per heavy atom. The molecule has 0 unspecified atom stereocenters. The van der Waals surface area contributed by atoms with Crippen molar-refractivity contribution >= 4 is 11.8 Å². The minimum Gasteiger partial charge on any atom is -0.457 e. The first-order valence-corrected chi connectivity index (χ1v) is 7.85. The second-order valence-corrected chi connectivity index (χ2v) is 5.96. The first-order valence-electron chi connectivity index (χ1n) is 7.85. The van der Waals surface area contributed by atoms with Gasteiger partial charge in [0.2, 0.25) is 0 Å². The summed E-state index contributed by atoms with van der Waals surface area (Å²) in [5.74, 6) is -0.329. The molecule has 2 saturated heterocycles. The number of ketones is 1. The predicted octanol–water partition coefficient (Wildman–Crippen LogP) is 1.16. The zero-order valence-electron chi connectivity index (χ0n) is 12.2. The van der Waals surface area contributed by atoms with Crippen LogP contribution in [-0.4, -0.2) is 43.5 Å². The number of carbonyl (C=O) groups excluding carboxylic acids is 2. The minimum absolute atomic E-state index is 0.0197. The maximum Gasteiger partial charge on any atom is 0.313 e. The van der Waals surface area contributed by atoms with E-state index in [1.165, 1.54) is 0 Å². The quantitative estimate of drug-likeness (QED) is 0.515. The summed E-state index contributed by atoms with van der Waals surface area (Å²) in [4.78, 5) is 23.7. The van der Waals surface area contributed by atoms with Crippen molar-refractivity contribution in [2.45, 2.75) is 57.0 Å². The van der Waals surface area contributed by atoms with Crippen LogP contribution in [0.25, 0.3) is 0 Å². The molecule has 114 valence electrons. The zero-order valence-corrected chi connectivity index (χ0v) is 12.2. The van der Waals surface area contributed by atoms with Crippen LogP contribution in [-0.2, 0) is 14.3 Å². The number of rotatable bonds is 0. The third-order valence-corrected chi connectivity index (χ3v) is 4.19. The second kappa shape index (κ2) is 7.74. The molecule has 0 aromatic heterocycles. The third-order valence-electron chi connectivity index (χ3n) is 4.19. The number of nitrogens with one attached hydrogen (secondary N) is 2. The lowest BCUT2D eigenvalue weighted by Gasteiger charge is -2.37. The fourth-order valence-corrected chi connectivity index (χ4v) is 2.97. The standard InChI is InChI=1S/C15H26N2O3/c18-13-5-3-1-2-4-8-17-12-15(20-14(19)11-13)6-9-16-10-7-15/h16-17H,1-12H2. The summed E-state index contributed by atoms with van der Waals surface area (Å²) in [5, 5.41) is 6.72. The summed E-state index contributed by atoms with van der Waals surface area (Å²) in [6.07, 6.45) is 6.31. The Morgan fingerprint density at radius 1 is 0.900 bits per heavy atom. The van der Waals surface area contributed by atoms with Crippen molar-refractivity contribution in [1.29, 1.82) is 0 Å². The molecule has 2 aliphatic heterocycles. The fourth-order valence-electron chi connectivity index (χ4n) is 2.97. The Bertz CT molecular complexity index is 338. The van der Waals surface area contributed by atoms with Gasteiger partial charge in [-0.3, -0.25) is 9.59 Å². The van der Waals surface area contributed by atoms with Gasteiger partial charge in [0.15, 0.2) is 0 Å². The first-order chi connectivity index (χ1) is 9.70. The first kappa shape index (κ1) is 15.4. The normalized spacial score (nSPS) is 26.2. The van der Waals surface area contributed by atoms with Gasteiger partial charge in [0.1, 0.15) is 17.8 Å². The molecule has 2 N–H and O–H groups in total. The lowest BCUT2D eigenvalue weighted by atomic mass is 9.91. The Hall–Kier alpha value is -0.940. The minimum atomic E-state index is -0.420. The molecule has 0 amide bonds. The Labute approximate surface area is 120 Å². The van der Waals surface area contributed by atoms with Gasteiger partial charge in [0.25, 0.3) is 0 Å². The smallest absolute Gasteiger partial charge is 0.313 e. The maximum atomic E-state index is 12.0. The van der Waals surface area contributed by atoms with Crippen molar-refractivity contribution in [3.8, 4) is 0 Å². The zero-order chi connectivity index (χ0) is 14.3. The highest BCUT2D eigenvalue weighted by molar-refractivity contribution is 5.95. The number of carbonyl (C=O) groups is 2. The van der Waals surface area contributed by atoms with Crippen LogP contribution < -0.4 is 10.6 Å². The van der Waals surface area contributed by atoms with Crippen LogP contribution in [0, 0.1) is 0 Å². The van der Waals surface area contributed by atoms with Gasteiger partial charge in [-0.1, -0.05) is 12.8 Å². The van der Waals surface area contributed by atoms with Crippen molar-refractivity contribution < 1.29 is 14.3 Å². The number of ether oxygens (including phenoxy) is 1. The average molecular weight is 282 g/mol. The molecule has 0 radical (unpaired) electrons. The van der Waals surface area contributed by atoms with E-state index in [0.29, 0.717) is 13.0 Å². The predicted molar refractivity (Wildman–Crippen MR) is 76.5 cm³/mol. The largest absolute Gasteiger partial charge is 0.457 e. The van der Waals surface area contributed by atoms with Crippen LogP contribution in [0.4, 0.5) is 0 Å². The van der Waals surface area contributed by atoms with Crippen LogP contribution in [0.15, 0.2) is 0 Å². The van der Waals surface area contributed by atoms with Crippen LogP contribution in [0.2, 0.25) is 0 Å². The van der Waals surface area contributed by atoms with E-state index in [2.05, 4.69) is 10.6 Å². The average Bonchev–Trinajstić information content (AvgIpc) is 2.42. The summed E-state index contributed by atoms with van der Waals surface area (Å²) in [6.45, 7) is 3.39. The molecule has 5 nitrogen and oxygen atoms in total. The van der Waals surface area contributed by atoms with Crippen LogP contribution in [0.1, 0.15) is 51.4 Å². The molecule has 0 atom stereocenters. The number of hydrogen-bond acceptors (Lipinski definition) is 5. The number of esters is 1. The Morgan fingerprint density at radius 2 is 1.65 bits per heavy atom. The maximum absolute atomic E-state index is 12.0. The number of Topliss-reactive ketones (excluding diaryl/α,β-unsaturated/α-hetero) is 1. The molecule has 2 rings (SSSR count). The molecule has 0 aromatic rings. The van der Waals surface area contributed by atoms with Crippen LogP contribution >= 0.6 is 0 Å². The van der Waals surface area contributed by atoms with E-state index in [1.54, 1.807) is 0 Å². The van der Waals surface area contributed by atoms with Crippen molar-refractivity contribution in [2.75, 3.05) is 26.2 Å². The Kier molecular flexibility index (Phi) is 5.98. The van der Waals surface area contributed by atoms with Crippen molar-refractivity contribution in [1.82, 2.24) is 10.6 Å². The van der Waals surface area contributed by atoms with E-state index in [4.69, 9.17) is 4.74 Å². The molecular formula is C15H26N2O3. The van der Waals surface area contributed by atoms with E-state index in [1.807, 2.05) is 0 Å². The van der Waals surface area contributed by atoms with Crippen LogP contribution in [0.5, 0.6) is 0 Å².